The highest BCUT2D eigenvalue weighted by molar-refractivity contribution is 8.00. The predicted octanol–water partition coefficient (Wildman–Crippen LogP) is 3.42. The summed E-state index contributed by atoms with van der Waals surface area (Å²) in [4.78, 5) is 23.5. The van der Waals surface area contributed by atoms with E-state index in [1.807, 2.05) is 47.4 Å². The molecular weight excluding hydrogens is 362 g/mol. The van der Waals surface area contributed by atoms with Gasteiger partial charge in [-0.2, -0.15) is 0 Å². The van der Waals surface area contributed by atoms with Gasteiger partial charge in [-0.15, -0.1) is 11.8 Å². The van der Waals surface area contributed by atoms with Gasteiger partial charge in [0.2, 0.25) is 5.91 Å². The number of fused-ring (bicyclic) bond motifs is 1. The third kappa shape index (κ3) is 3.30. The fourth-order valence-corrected chi connectivity index (χ4v) is 4.47. The van der Waals surface area contributed by atoms with Crippen molar-refractivity contribution in [2.24, 2.45) is 0 Å². The summed E-state index contributed by atoms with van der Waals surface area (Å²) in [5.74, 6) is 1.88. The molecule has 2 heterocycles. The number of carbonyl (C=O) groups excluding carboxylic acids is 1. The molecule has 138 valence electrons. The van der Waals surface area contributed by atoms with E-state index in [4.69, 9.17) is 9.47 Å². The number of rotatable bonds is 5. The van der Waals surface area contributed by atoms with Crippen LogP contribution in [0.25, 0.3) is 11.0 Å². The van der Waals surface area contributed by atoms with Crippen LogP contribution in [-0.4, -0.2) is 40.7 Å². The Morgan fingerprint density at radius 3 is 2.48 bits per heavy atom. The zero-order chi connectivity index (χ0) is 18.8. The number of methoxy groups -OCH3 is 2. The van der Waals surface area contributed by atoms with Crippen molar-refractivity contribution in [2.75, 3.05) is 20.0 Å². The second-order valence-electron chi connectivity index (χ2n) is 6.11. The normalized spacial score (nSPS) is 16.7. The number of carbonyl (C=O) groups is 1. The summed E-state index contributed by atoms with van der Waals surface area (Å²) < 4.78 is 11.1. The fourth-order valence-electron chi connectivity index (χ4n) is 3.23. The number of ether oxygens (including phenoxy) is 2. The maximum atomic E-state index is 12.6. The Morgan fingerprint density at radius 2 is 1.78 bits per heavy atom. The molecule has 1 aliphatic rings. The topological polar surface area (TPSA) is 64.6 Å². The van der Waals surface area contributed by atoms with Gasteiger partial charge in [-0.3, -0.25) is 9.78 Å². The first-order valence-corrected chi connectivity index (χ1v) is 9.58. The Hall–Kier alpha value is -2.80. The number of hydrogen-bond donors (Lipinski definition) is 0. The molecule has 1 amide bonds. The first kappa shape index (κ1) is 17.6. The van der Waals surface area contributed by atoms with Gasteiger partial charge in [0, 0.05) is 0 Å². The third-order valence-electron chi connectivity index (χ3n) is 4.51. The summed E-state index contributed by atoms with van der Waals surface area (Å²) in [6.07, 6.45) is 1.73. The van der Waals surface area contributed by atoms with E-state index in [-0.39, 0.29) is 11.3 Å². The number of para-hydroxylation sites is 2. The first-order valence-electron chi connectivity index (χ1n) is 8.54. The molecule has 1 fully saturated rings. The van der Waals surface area contributed by atoms with Crippen LogP contribution in [0.4, 0.5) is 0 Å². The highest BCUT2D eigenvalue weighted by Gasteiger charge is 2.36. The maximum Gasteiger partial charge on any atom is 0.234 e. The molecule has 27 heavy (non-hydrogen) atoms. The maximum absolute atomic E-state index is 12.6. The van der Waals surface area contributed by atoms with Gasteiger partial charge in [0.15, 0.2) is 0 Å². The lowest BCUT2D eigenvalue weighted by atomic mass is 10.1. The van der Waals surface area contributed by atoms with Gasteiger partial charge in [0.1, 0.15) is 16.9 Å². The van der Waals surface area contributed by atoms with Crippen molar-refractivity contribution in [3.63, 3.8) is 0 Å². The van der Waals surface area contributed by atoms with Crippen LogP contribution in [0.2, 0.25) is 0 Å². The Kier molecular flexibility index (Phi) is 4.85. The Morgan fingerprint density at radius 1 is 1.07 bits per heavy atom. The van der Waals surface area contributed by atoms with Crippen LogP contribution in [-0.2, 0) is 11.3 Å². The average molecular weight is 381 g/mol. The van der Waals surface area contributed by atoms with E-state index in [1.54, 1.807) is 32.2 Å². The van der Waals surface area contributed by atoms with Crippen LogP contribution < -0.4 is 9.47 Å². The molecule has 0 N–H and O–H groups in total. The molecule has 7 heteroatoms. The highest BCUT2D eigenvalue weighted by Crippen LogP contribution is 2.47. The van der Waals surface area contributed by atoms with E-state index in [9.17, 15) is 4.79 Å². The molecule has 1 saturated heterocycles. The average Bonchev–Trinajstić information content (AvgIpc) is 3.07. The highest BCUT2D eigenvalue weighted by atomic mass is 32.2. The van der Waals surface area contributed by atoms with Crippen LogP contribution in [0.1, 0.15) is 16.6 Å². The molecule has 1 unspecified atom stereocenters. The molecule has 6 nitrogen and oxygen atoms in total. The summed E-state index contributed by atoms with van der Waals surface area (Å²) in [6, 6.07) is 13.4. The van der Waals surface area contributed by atoms with Crippen LogP contribution in [0.3, 0.4) is 0 Å². The van der Waals surface area contributed by atoms with E-state index in [0.717, 1.165) is 22.3 Å². The van der Waals surface area contributed by atoms with Crippen molar-refractivity contribution in [3.05, 3.63) is 59.9 Å². The third-order valence-corrected chi connectivity index (χ3v) is 5.73. The molecule has 0 bridgehead atoms. The zero-order valence-electron chi connectivity index (χ0n) is 15.1. The lowest BCUT2D eigenvalue weighted by Crippen LogP contribution is -2.28. The van der Waals surface area contributed by atoms with Gasteiger partial charge < -0.3 is 14.4 Å². The Labute approximate surface area is 161 Å². The Bertz CT molecular complexity index is 973. The molecule has 4 rings (SSSR count). The van der Waals surface area contributed by atoms with Crippen molar-refractivity contribution in [2.45, 2.75) is 11.9 Å². The summed E-state index contributed by atoms with van der Waals surface area (Å²) in [6.45, 7) is 0.384. The summed E-state index contributed by atoms with van der Waals surface area (Å²) in [5.41, 5.74) is 3.28. The van der Waals surface area contributed by atoms with Crippen LogP contribution in [0.15, 0.2) is 48.7 Å². The predicted molar refractivity (Wildman–Crippen MR) is 105 cm³/mol. The minimum absolute atomic E-state index is 0.0629. The van der Waals surface area contributed by atoms with Crippen molar-refractivity contribution >= 4 is 28.7 Å². The van der Waals surface area contributed by atoms with Gasteiger partial charge in [0.05, 0.1) is 55.0 Å². The van der Waals surface area contributed by atoms with E-state index in [1.165, 1.54) is 0 Å². The van der Waals surface area contributed by atoms with Crippen molar-refractivity contribution in [3.8, 4) is 11.5 Å². The molecule has 0 radical (unpaired) electrons. The number of amides is 1. The summed E-state index contributed by atoms with van der Waals surface area (Å²) in [7, 11) is 3.25. The van der Waals surface area contributed by atoms with Crippen molar-refractivity contribution < 1.29 is 14.3 Å². The van der Waals surface area contributed by atoms with Crippen LogP contribution >= 0.6 is 11.8 Å². The lowest BCUT2D eigenvalue weighted by molar-refractivity contribution is -0.128. The van der Waals surface area contributed by atoms with Crippen molar-refractivity contribution in [1.29, 1.82) is 0 Å². The van der Waals surface area contributed by atoms with Gasteiger partial charge in [-0.25, -0.2) is 4.98 Å². The quantitative estimate of drug-likeness (QED) is 0.675. The molecule has 1 atom stereocenters. The molecular formula is C20H19N3O3S. The summed E-state index contributed by atoms with van der Waals surface area (Å²) in [5, 5.41) is -0.197. The number of thioether (sulfide) groups is 1. The minimum Gasteiger partial charge on any atom is -0.496 e. The van der Waals surface area contributed by atoms with E-state index >= 15 is 0 Å². The smallest absolute Gasteiger partial charge is 0.234 e. The molecule has 0 saturated carbocycles. The second-order valence-corrected chi connectivity index (χ2v) is 7.18. The van der Waals surface area contributed by atoms with E-state index < -0.39 is 0 Å². The monoisotopic (exact) mass is 381 g/mol. The van der Waals surface area contributed by atoms with Crippen LogP contribution in [0, 0.1) is 0 Å². The van der Waals surface area contributed by atoms with Crippen molar-refractivity contribution in [1.82, 2.24) is 14.9 Å². The zero-order valence-corrected chi connectivity index (χ0v) is 15.9. The van der Waals surface area contributed by atoms with Crippen LogP contribution in [0.5, 0.6) is 11.5 Å². The standard InChI is InChI=1S/C20H19N3O3S/c1-25-16-8-5-9-17(26-2)19(16)20-23(18(24)12-27-20)11-13-10-21-14-6-3-4-7-15(14)22-13/h3-10,20H,11-12H2,1-2H3. The lowest BCUT2D eigenvalue weighted by Gasteiger charge is -2.26. The Balaban J connectivity index is 1.69. The molecule has 0 aliphatic carbocycles. The van der Waals surface area contributed by atoms with Gasteiger partial charge in [-0.1, -0.05) is 18.2 Å². The van der Waals surface area contributed by atoms with Gasteiger partial charge in [0.25, 0.3) is 0 Å². The molecule has 0 spiro atoms. The molecule has 2 aromatic carbocycles. The molecule has 1 aromatic heterocycles. The molecule has 3 aromatic rings. The minimum atomic E-state index is -0.197. The van der Waals surface area contributed by atoms with E-state index in [2.05, 4.69) is 9.97 Å². The first-order chi connectivity index (χ1) is 13.2. The SMILES string of the molecule is COc1cccc(OC)c1C1SCC(=O)N1Cc1cnc2ccccc2n1. The second kappa shape index (κ2) is 7.44. The number of benzene rings is 2. The largest absolute Gasteiger partial charge is 0.496 e. The van der Waals surface area contributed by atoms with E-state index in [0.29, 0.717) is 23.8 Å². The number of nitrogens with zero attached hydrogens (tertiary/aromatic N) is 3. The number of aromatic nitrogens is 2. The fraction of sp³-hybridized carbons (Fsp3) is 0.250. The van der Waals surface area contributed by atoms with Gasteiger partial charge in [-0.05, 0) is 24.3 Å². The molecule has 1 aliphatic heterocycles. The number of hydrogen-bond acceptors (Lipinski definition) is 6. The summed E-state index contributed by atoms with van der Waals surface area (Å²) >= 11 is 1.56. The van der Waals surface area contributed by atoms with Gasteiger partial charge >= 0.3 is 0 Å².